The second-order valence-corrected chi connectivity index (χ2v) is 21.5. The predicted molar refractivity (Wildman–Crippen MR) is 331 cm³/mol. The summed E-state index contributed by atoms with van der Waals surface area (Å²) in [7, 11) is 0. The fourth-order valence-electron chi connectivity index (χ4n) is 9.43. The molecular formula is C70H123NO3. The Labute approximate surface area is 461 Å². The normalized spacial score (nSPS) is 13.5. The highest BCUT2D eigenvalue weighted by atomic mass is 16.3. The SMILES string of the molecule is CC/C=C\C/C=C\C/C=C\C/C=C\C/C=C\C/C=C\C/C=C\C/C=C\CCCCCCCCCCCCCCC(=O)NC(CO)C(O)/C=C/CCCCCCCCCCCCCCCCCCCCCCCCC. The first kappa shape index (κ1) is 71.0. The second kappa shape index (κ2) is 64.3. The zero-order valence-electron chi connectivity index (χ0n) is 49.1. The number of unbranched alkanes of at least 4 members (excludes halogenated alkanes) is 35. The maximum atomic E-state index is 12.5. The quantitative estimate of drug-likeness (QED) is 0.0420. The lowest BCUT2D eigenvalue weighted by molar-refractivity contribution is -0.123. The summed E-state index contributed by atoms with van der Waals surface area (Å²) in [5.74, 6) is -0.0668. The number of nitrogens with one attached hydrogen (secondary N) is 1. The Balaban J connectivity index is 3.54. The van der Waals surface area contributed by atoms with Gasteiger partial charge >= 0.3 is 0 Å². The van der Waals surface area contributed by atoms with Gasteiger partial charge in [-0.1, -0.05) is 329 Å². The van der Waals surface area contributed by atoms with Crippen LogP contribution in [0.5, 0.6) is 0 Å². The van der Waals surface area contributed by atoms with E-state index in [1.54, 1.807) is 6.08 Å². The van der Waals surface area contributed by atoms with Crippen molar-refractivity contribution in [3.8, 4) is 0 Å². The van der Waals surface area contributed by atoms with Crippen molar-refractivity contribution in [2.75, 3.05) is 6.61 Å². The van der Waals surface area contributed by atoms with Gasteiger partial charge in [0.25, 0.3) is 0 Å². The van der Waals surface area contributed by atoms with E-state index in [-0.39, 0.29) is 12.5 Å². The number of carbonyl (C=O) groups is 1. The van der Waals surface area contributed by atoms with Crippen molar-refractivity contribution in [1.82, 2.24) is 5.32 Å². The van der Waals surface area contributed by atoms with E-state index in [2.05, 4.69) is 116 Å². The van der Waals surface area contributed by atoms with Crippen LogP contribution in [0.15, 0.2) is 109 Å². The number of rotatable bonds is 58. The Hall–Kier alpha value is -2.95. The minimum Gasteiger partial charge on any atom is -0.394 e. The molecule has 0 bridgehead atoms. The Morgan fingerprint density at radius 2 is 0.595 bits per heavy atom. The first-order valence-corrected chi connectivity index (χ1v) is 32.1. The lowest BCUT2D eigenvalue weighted by atomic mass is 10.0. The molecule has 426 valence electrons. The van der Waals surface area contributed by atoms with Crippen LogP contribution >= 0.6 is 0 Å². The van der Waals surface area contributed by atoms with E-state index in [0.29, 0.717) is 6.42 Å². The van der Waals surface area contributed by atoms with Crippen LogP contribution in [0.4, 0.5) is 0 Å². The second-order valence-electron chi connectivity index (χ2n) is 21.5. The van der Waals surface area contributed by atoms with Gasteiger partial charge in [-0.05, 0) is 83.5 Å². The molecule has 0 aromatic carbocycles. The number of aliphatic hydroxyl groups is 2. The molecule has 0 aromatic heterocycles. The van der Waals surface area contributed by atoms with E-state index in [1.165, 1.54) is 212 Å². The molecule has 2 unspecified atom stereocenters. The summed E-state index contributed by atoms with van der Waals surface area (Å²) in [5, 5.41) is 23.3. The number of carbonyl (C=O) groups excluding carboxylic acids is 1. The van der Waals surface area contributed by atoms with Crippen molar-refractivity contribution >= 4 is 5.91 Å². The number of hydrogen-bond acceptors (Lipinski definition) is 3. The molecule has 0 heterocycles. The molecule has 0 fully saturated rings. The van der Waals surface area contributed by atoms with Gasteiger partial charge in [-0.3, -0.25) is 4.79 Å². The molecule has 0 rings (SSSR count). The minimum absolute atomic E-state index is 0.0668. The molecule has 4 heteroatoms. The van der Waals surface area contributed by atoms with Gasteiger partial charge in [0, 0.05) is 6.42 Å². The summed E-state index contributed by atoms with van der Waals surface area (Å²) < 4.78 is 0. The van der Waals surface area contributed by atoms with Gasteiger partial charge in [0.05, 0.1) is 18.8 Å². The maximum absolute atomic E-state index is 12.5. The molecule has 2 atom stereocenters. The van der Waals surface area contributed by atoms with Crippen LogP contribution in [-0.4, -0.2) is 34.9 Å². The van der Waals surface area contributed by atoms with Crippen molar-refractivity contribution in [3.05, 3.63) is 109 Å². The minimum atomic E-state index is -0.847. The average molecular weight is 1030 g/mol. The Bertz CT molecular complexity index is 1400. The summed E-state index contributed by atoms with van der Waals surface area (Å²) in [6.45, 7) is 4.21. The van der Waals surface area contributed by atoms with Crippen LogP contribution in [0.2, 0.25) is 0 Å². The summed E-state index contributed by atoms with van der Waals surface area (Å²) in [5.41, 5.74) is 0. The van der Waals surface area contributed by atoms with Crippen LogP contribution in [0, 0.1) is 0 Å². The van der Waals surface area contributed by atoms with Crippen molar-refractivity contribution in [2.45, 2.75) is 321 Å². The van der Waals surface area contributed by atoms with E-state index in [4.69, 9.17) is 0 Å². The third-order valence-electron chi connectivity index (χ3n) is 14.3. The van der Waals surface area contributed by atoms with Crippen molar-refractivity contribution < 1.29 is 15.0 Å². The number of aliphatic hydroxyl groups excluding tert-OH is 2. The molecule has 0 aromatic rings. The highest BCUT2D eigenvalue weighted by molar-refractivity contribution is 5.76. The topological polar surface area (TPSA) is 69.6 Å². The molecule has 0 aliphatic rings. The molecule has 0 saturated heterocycles. The van der Waals surface area contributed by atoms with Crippen LogP contribution in [0.1, 0.15) is 309 Å². The molecule has 0 radical (unpaired) electrons. The van der Waals surface area contributed by atoms with E-state index in [0.717, 1.165) is 77.0 Å². The van der Waals surface area contributed by atoms with Gasteiger partial charge in [-0.15, -0.1) is 0 Å². The first-order valence-electron chi connectivity index (χ1n) is 32.1. The lowest BCUT2D eigenvalue weighted by Gasteiger charge is -2.20. The third-order valence-corrected chi connectivity index (χ3v) is 14.3. The van der Waals surface area contributed by atoms with Gasteiger partial charge in [0.15, 0.2) is 0 Å². The van der Waals surface area contributed by atoms with E-state index >= 15 is 0 Å². The van der Waals surface area contributed by atoms with E-state index in [1.807, 2.05) is 6.08 Å². The molecule has 1 amide bonds. The molecular weight excluding hydrogens is 903 g/mol. The highest BCUT2D eigenvalue weighted by Crippen LogP contribution is 2.17. The molecule has 0 aliphatic carbocycles. The molecule has 74 heavy (non-hydrogen) atoms. The summed E-state index contributed by atoms with van der Waals surface area (Å²) >= 11 is 0. The standard InChI is InChI=1S/C70H123NO3/c1-3-5-7-9-11-13-15-17-19-21-23-25-27-29-30-31-32-33-34-35-36-37-38-39-40-42-44-46-48-50-52-54-56-58-60-62-64-66-70(74)71-68(67-72)69(73)65-63-61-59-57-55-53-51-49-47-45-43-41-28-26-24-22-20-18-16-14-12-10-8-6-4-2/h5,7,11,13,17,19,23,25,29-30,32-33,35-36,38-39,63,65,68-69,72-73H,3-4,6,8-10,12,14-16,18,20-22,24,26-28,31,34,37,40-62,64,66-67H2,1-2H3,(H,71,74)/b7-5-,13-11-,19-17-,25-23-,30-29-,33-32-,36-35-,39-38-,65-63+. The van der Waals surface area contributed by atoms with Crippen molar-refractivity contribution in [3.63, 3.8) is 0 Å². The van der Waals surface area contributed by atoms with Crippen LogP contribution in [0.3, 0.4) is 0 Å². The largest absolute Gasteiger partial charge is 0.394 e. The zero-order valence-corrected chi connectivity index (χ0v) is 49.1. The third kappa shape index (κ3) is 59.9. The highest BCUT2D eigenvalue weighted by Gasteiger charge is 2.18. The molecule has 4 nitrogen and oxygen atoms in total. The summed E-state index contributed by atoms with van der Waals surface area (Å²) in [6, 6.07) is -0.631. The Morgan fingerprint density at radius 1 is 0.338 bits per heavy atom. The first-order chi connectivity index (χ1) is 36.7. The Kier molecular flexibility index (Phi) is 61.8. The average Bonchev–Trinajstić information content (AvgIpc) is 3.40. The summed E-state index contributed by atoms with van der Waals surface area (Å²) in [6.07, 6.45) is 97.0. The number of allylic oxidation sites excluding steroid dienone is 17. The fourth-order valence-corrected chi connectivity index (χ4v) is 9.43. The predicted octanol–water partition coefficient (Wildman–Crippen LogP) is 21.8. The Morgan fingerprint density at radius 3 is 0.892 bits per heavy atom. The van der Waals surface area contributed by atoms with E-state index in [9.17, 15) is 15.0 Å². The van der Waals surface area contributed by atoms with Crippen molar-refractivity contribution in [1.29, 1.82) is 0 Å². The van der Waals surface area contributed by atoms with Crippen LogP contribution in [0.25, 0.3) is 0 Å². The maximum Gasteiger partial charge on any atom is 0.220 e. The number of hydrogen-bond donors (Lipinski definition) is 3. The van der Waals surface area contributed by atoms with Crippen LogP contribution < -0.4 is 5.32 Å². The van der Waals surface area contributed by atoms with E-state index < -0.39 is 12.1 Å². The van der Waals surface area contributed by atoms with Gasteiger partial charge in [-0.2, -0.15) is 0 Å². The molecule has 0 aliphatic heterocycles. The molecule has 0 saturated carbocycles. The zero-order chi connectivity index (χ0) is 53.4. The van der Waals surface area contributed by atoms with Gasteiger partial charge in [0.1, 0.15) is 0 Å². The van der Waals surface area contributed by atoms with Gasteiger partial charge in [0.2, 0.25) is 5.91 Å². The number of amides is 1. The van der Waals surface area contributed by atoms with Gasteiger partial charge < -0.3 is 15.5 Å². The fraction of sp³-hybridized carbons (Fsp3) is 0.729. The monoisotopic (exact) mass is 1030 g/mol. The molecule has 3 N–H and O–H groups in total. The lowest BCUT2D eigenvalue weighted by Crippen LogP contribution is -2.45. The smallest absolute Gasteiger partial charge is 0.220 e. The van der Waals surface area contributed by atoms with Crippen LogP contribution in [-0.2, 0) is 4.79 Å². The van der Waals surface area contributed by atoms with Crippen molar-refractivity contribution in [2.24, 2.45) is 0 Å². The van der Waals surface area contributed by atoms with Gasteiger partial charge in [-0.25, -0.2) is 0 Å². The summed E-state index contributed by atoms with van der Waals surface area (Å²) in [4.78, 5) is 12.5. The molecule has 0 spiro atoms.